The lowest BCUT2D eigenvalue weighted by Gasteiger charge is -2.13. The summed E-state index contributed by atoms with van der Waals surface area (Å²) in [6, 6.07) is 15.0. The molecule has 3 rings (SSSR count). The van der Waals surface area contributed by atoms with Crippen molar-refractivity contribution < 1.29 is 27.4 Å². The van der Waals surface area contributed by atoms with Crippen molar-refractivity contribution in [1.82, 2.24) is 4.83 Å². The van der Waals surface area contributed by atoms with Crippen molar-refractivity contribution in [2.75, 3.05) is 21.3 Å². The molecule has 0 amide bonds. The normalized spacial score (nSPS) is 11.3. The number of sulfonamides is 1. The number of rotatable bonds is 10. The zero-order valence-corrected chi connectivity index (χ0v) is 21.7. The van der Waals surface area contributed by atoms with Crippen molar-refractivity contribution in [3.8, 4) is 23.0 Å². The van der Waals surface area contributed by atoms with Crippen molar-refractivity contribution in [3.05, 3.63) is 75.2 Å². The van der Waals surface area contributed by atoms with E-state index >= 15 is 0 Å². The number of methoxy groups -OCH3 is 3. The van der Waals surface area contributed by atoms with E-state index < -0.39 is 10.0 Å². The Hall–Kier alpha value is -2.95. The summed E-state index contributed by atoms with van der Waals surface area (Å²) in [7, 11) is 0.478. The molecule has 0 aliphatic carbocycles. The molecule has 0 bridgehead atoms. The van der Waals surface area contributed by atoms with Crippen molar-refractivity contribution in [2.24, 2.45) is 5.10 Å². The van der Waals surface area contributed by atoms with Crippen LogP contribution in [0.25, 0.3) is 0 Å². The van der Waals surface area contributed by atoms with Gasteiger partial charge in [0.1, 0.15) is 6.61 Å². The molecule has 0 saturated carbocycles. The van der Waals surface area contributed by atoms with Crippen LogP contribution in [0.4, 0.5) is 0 Å². The molecule has 11 heteroatoms. The molecule has 0 atom stereocenters. The molecule has 180 valence electrons. The zero-order chi connectivity index (χ0) is 24.7. The minimum Gasteiger partial charge on any atom is -0.493 e. The SMILES string of the molecule is COc1ccc(S(=O)(=O)N/N=C\c2cc(Br)c(OCc3ccc(Cl)cc3)c(OC)c2)cc1OC. The topological polar surface area (TPSA) is 95.5 Å². The Morgan fingerprint density at radius 1 is 0.941 bits per heavy atom. The first kappa shape index (κ1) is 25.7. The van der Waals surface area contributed by atoms with Crippen LogP contribution in [0.2, 0.25) is 5.02 Å². The van der Waals surface area contributed by atoms with Gasteiger partial charge in [-0.05, 0) is 63.5 Å². The van der Waals surface area contributed by atoms with Crippen LogP contribution in [-0.2, 0) is 16.6 Å². The fraction of sp³-hybridized carbons (Fsp3) is 0.174. The lowest BCUT2D eigenvalue weighted by Crippen LogP contribution is -2.18. The van der Waals surface area contributed by atoms with Crippen LogP contribution in [0, 0.1) is 0 Å². The summed E-state index contributed by atoms with van der Waals surface area (Å²) in [5.41, 5.74) is 1.52. The fourth-order valence-corrected chi connectivity index (χ4v) is 4.40. The second-order valence-corrected chi connectivity index (χ2v) is 9.77. The van der Waals surface area contributed by atoms with Crippen molar-refractivity contribution in [1.29, 1.82) is 0 Å². The molecule has 0 heterocycles. The van der Waals surface area contributed by atoms with Crippen LogP contribution in [0.3, 0.4) is 0 Å². The maximum atomic E-state index is 12.6. The van der Waals surface area contributed by atoms with E-state index in [1.165, 1.54) is 45.7 Å². The molecule has 0 saturated heterocycles. The quantitative estimate of drug-likeness (QED) is 0.272. The van der Waals surface area contributed by atoms with Gasteiger partial charge in [0.15, 0.2) is 23.0 Å². The lowest BCUT2D eigenvalue weighted by atomic mass is 10.2. The molecule has 3 aromatic rings. The highest BCUT2D eigenvalue weighted by molar-refractivity contribution is 9.10. The van der Waals surface area contributed by atoms with Gasteiger partial charge in [-0.2, -0.15) is 13.5 Å². The summed E-state index contributed by atoms with van der Waals surface area (Å²) in [4.78, 5) is 2.16. The molecule has 0 spiro atoms. The smallest absolute Gasteiger partial charge is 0.276 e. The molecule has 0 fully saturated rings. The van der Waals surface area contributed by atoms with Crippen LogP contribution < -0.4 is 23.8 Å². The number of nitrogens with one attached hydrogen (secondary N) is 1. The van der Waals surface area contributed by atoms with Crippen LogP contribution in [0.1, 0.15) is 11.1 Å². The average Bonchev–Trinajstić information content (AvgIpc) is 2.83. The number of halogens is 2. The maximum Gasteiger partial charge on any atom is 0.276 e. The van der Waals surface area contributed by atoms with Gasteiger partial charge in [0.25, 0.3) is 10.0 Å². The minimum absolute atomic E-state index is 0.0213. The Morgan fingerprint density at radius 3 is 2.26 bits per heavy atom. The first-order chi connectivity index (χ1) is 16.3. The number of hydrazone groups is 1. The lowest BCUT2D eigenvalue weighted by molar-refractivity contribution is 0.282. The summed E-state index contributed by atoms with van der Waals surface area (Å²) < 4.78 is 47.4. The Balaban J connectivity index is 1.74. The summed E-state index contributed by atoms with van der Waals surface area (Å²) in [5, 5.41) is 4.52. The average molecular weight is 570 g/mol. The Morgan fingerprint density at radius 2 is 1.62 bits per heavy atom. The predicted molar refractivity (Wildman–Crippen MR) is 134 cm³/mol. The molecule has 0 radical (unpaired) electrons. The molecule has 3 aromatic carbocycles. The zero-order valence-electron chi connectivity index (χ0n) is 18.5. The molecule has 8 nitrogen and oxygen atoms in total. The van der Waals surface area contributed by atoms with Gasteiger partial charge in [-0.15, -0.1) is 0 Å². The van der Waals surface area contributed by atoms with Crippen LogP contribution in [-0.4, -0.2) is 36.0 Å². The van der Waals surface area contributed by atoms with Crippen LogP contribution in [0.5, 0.6) is 23.0 Å². The molecule has 0 aliphatic heterocycles. The summed E-state index contributed by atoms with van der Waals surface area (Å²) >= 11 is 9.38. The van der Waals surface area contributed by atoms with E-state index in [1.807, 2.05) is 12.1 Å². The van der Waals surface area contributed by atoms with Gasteiger partial charge in [0.2, 0.25) is 0 Å². The fourth-order valence-electron chi connectivity index (χ4n) is 2.90. The first-order valence-electron chi connectivity index (χ1n) is 9.79. The third-order valence-electron chi connectivity index (χ3n) is 4.60. The monoisotopic (exact) mass is 568 g/mol. The standard InChI is InChI=1S/C23H22BrClN2O6S/c1-30-20-9-8-18(12-21(20)31-2)34(28,29)27-26-13-16-10-19(24)23(22(11-16)32-3)33-14-15-4-6-17(25)7-5-15/h4-13,27H,14H2,1-3H3/b26-13-. The summed E-state index contributed by atoms with van der Waals surface area (Å²) in [6.45, 7) is 0.310. The Bertz CT molecular complexity index is 1280. The third-order valence-corrected chi connectivity index (χ3v) is 6.66. The van der Waals surface area contributed by atoms with E-state index in [4.69, 9.17) is 30.5 Å². The van der Waals surface area contributed by atoms with Gasteiger partial charge in [-0.25, -0.2) is 4.83 Å². The second kappa shape index (κ2) is 11.5. The van der Waals surface area contributed by atoms with Crippen molar-refractivity contribution in [3.63, 3.8) is 0 Å². The molecule has 0 unspecified atom stereocenters. The molecule has 0 aliphatic rings. The van der Waals surface area contributed by atoms with E-state index in [0.717, 1.165) is 5.56 Å². The molecule has 0 aromatic heterocycles. The van der Waals surface area contributed by atoms with Gasteiger partial charge in [-0.3, -0.25) is 0 Å². The largest absolute Gasteiger partial charge is 0.493 e. The molecular formula is C23H22BrClN2O6S. The van der Waals surface area contributed by atoms with Gasteiger partial charge in [0, 0.05) is 11.1 Å². The Kier molecular flexibility index (Phi) is 8.65. The van der Waals surface area contributed by atoms with Gasteiger partial charge in [-0.1, -0.05) is 23.7 Å². The third kappa shape index (κ3) is 6.34. The summed E-state index contributed by atoms with van der Waals surface area (Å²) in [5.74, 6) is 1.66. The predicted octanol–water partition coefficient (Wildman–Crippen LogP) is 5.02. The van der Waals surface area contributed by atoms with Gasteiger partial charge >= 0.3 is 0 Å². The maximum absolute atomic E-state index is 12.6. The van der Waals surface area contributed by atoms with Gasteiger partial charge in [0.05, 0.1) is 36.9 Å². The number of hydrogen-bond donors (Lipinski definition) is 1. The number of benzene rings is 3. The van der Waals surface area contributed by atoms with E-state index in [0.29, 0.717) is 38.9 Å². The van der Waals surface area contributed by atoms with Crippen LogP contribution in [0.15, 0.2) is 69.1 Å². The molecule has 34 heavy (non-hydrogen) atoms. The van der Waals surface area contributed by atoms with E-state index in [-0.39, 0.29) is 10.6 Å². The summed E-state index contributed by atoms with van der Waals surface area (Å²) in [6.07, 6.45) is 1.36. The van der Waals surface area contributed by atoms with Crippen molar-refractivity contribution in [2.45, 2.75) is 11.5 Å². The van der Waals surface area contributed by atoms with E-state index in [1.54, 1.807) is 24.3 Å². The highest BCUT2D eigenvalue weighted by atomic mass is 79.9. The molecular weight excluding hydrogens is 548 g/mol. The Labute approximate surface area is 211 Å². The van der Waals surface area contributed by atoms with E-state index in [2.05, 4.69) is 25.9 Å². The number of nitrogens with zero attached hydrogens (tertiary/aromatic N) is 1. The molecule has 1 N–H and O–H groups in total. The van der Waals surface area contributed by atoms with E-state index in [9.17, 15) is 8.42 Å². The number of hydrogen-bond acceptors (Lipinski definition) is 7. The van der Waals surface area contributed by atoms with Gasteiger partial charge < -0.3 is 18.9 Å². The second-order valence-electron chi connectivity index (χ2n) is 6.82. The highest BCUT2D eigenvalue weighted by Gasteiger charge is 2.16. The first-order valence-corrected chi connectivity index (χ1v) is 12.4. The number of ether oxygens (including phenoxy) is 4. The van der Waals surface area contributed by atoms with Crippen molar-refractivity contribution >= 4 is 43.8 Å². The minimum atomic E-state index is -3.92. The highest BCUT2D eigenvalue weighted by Crippen LogP contribution is 2.37. The van der Waals surface area contributed by atoms with Crippen LogP contribution >= 0.6 is 27.5 Å².